The largest absolute Gasteiger partial charge is 0.431 e. The number of carbonyl (C=O) groups excluding carboxylic acids is 4. The Morgan fingerprint density at radius 1 is 0.590 bits per heavy atom. The van der Waals surface area contributed by atoms with E-state index in [2.05, 4.69) is 21.7 Å². The van der Waals surface area contributed by atoms with Crippen molar-refractivity contribution >= 4 is 24.4 Å². The van der Waals surface area contributed by atoms with E-state index in [0.717, 1.165) is 0 Å². The first kappa shape index (κ1) is 24.7. The maximum atomic E-state index is 12.5. The van der Waals surface area contributed by atoms with Crippen molar-refractivity contribution in [3.63, 3.8) is 0 Å². The van der Waals surface area contributed by atoms with Gasteiger partial charge in [0.05, 0.1) is 0 Å². The van der Waals surface area contributed by atoms with E-state index in [0.29, 0.717) is 37.8 Å². The Bertz CT molecular complexity index is 1270. The molecular weight excluding hydrogens is 516 g/mol. The van der Waals surface area contributed by atoms with E-state index in [1.165, 1.54) is 44.3 Å². The number of amides is 4. The van der Waals surface area contributed by atoms with E-state index in [4.69, 9.17) is 18.9 Å². The number of rotatable bonds is 6. The predicted molar refractivity (Wildman–Crippen MR) is 128 cm³/mol. The molecule has 0 bridgehead atoms. The van der Waals surface area contributed by atoms with Crippen LogP contribution in [0.2, 0.25) is 0 Å². The Balaban J connectivity index is 1.39. The van der Waals surface area contributed by atoms with E-state index >= 15 is 0 Å². The molecule has 16 heteroatoms. The Labute approximate surface area is 221 Å². The van der Waals surface area contributed by atoms with Gasteiger partial charge in [-0.15, -0.1) is 0 Å². The number of hydrogen-bond acceptors (Lipinski definition) is 12. The molecule has 4 saturated heterocycles. The Kier molecular flexibility index (Phi) is 5.87. The average molecular weight is 540 g/mol. The molecule has 6 rings (SSSR count). The zero-order chi connectivity index (χ0) is 27.3. The van der Waals surface area contributed by atoms with Gasteiger partial charge in [0.25, 0.3) is 0 Å². The molecule has 4 N–H and O–H groups in total. The van der Waals surface area contributed by atoms with E-state index in [9.17, 15) is 19.2 Å². The molecule has 4 aliphatic heterocycles. The van der Waals surface area contributed by atoms with Gasteiger partial charge < -0.3 is 18.9 Å². The molecule has 0 aromatic heterocycles. The number of ether oxygens (including phenoxy) is 4. The van der Waals surface area contributed by atoms with Gasteiger partial charge in [-0.3, -0.25) is 0 Å². The topological polar surface area (TPSA) is 205 Å². The number of nitrogens with zero attached hydrogens (tertiary/aromatic N) is 4. The smallest absolute Gasteiger partial charge is 0.409 e. The lowest BCUT2D eigenvalue weighted by molar-refractivity contribution is 0.178. The summed E-state index contributed by atoms with van der Waals surface area (Å²) in [5.41, 5.74) is 10.7. The second kappa shape index (κ2) is 9.28. The van der Waals surface area contributed by atoms with Crippen LogP contribution in [0.1, 0.15) is 25.0 Å². The molecule has 0 unspecified atom stereocenters. The molecule has 2 aromatic carbocycles. The van der Waals surface area contributed by atoms with Crippen molar-refractivity contribution in [2.75, 3.05) is 26.7 Å². The average Bonchev–Trinajstić information content (AvgIpc) is 3.73. The zero-order valence-corrected chi connectivity index (χ0v) is 20.8. The van der Waals surface area contributed by atoms with E-state index in [-0.39, 0.29) is 23.0 Å². The fourth-order valence-corrected chi connectivity index (χ4v) is 3.71. The summed E-state index contributed by atoms with van der Waals surface area (Å²) in [4.78, 5) is 49.4. The molecule has 16 nitrogen and oxygen atoms in total. The van der Waals surface area contributed by atoms with Crippen LogP contribution in [0, 0.1) is 0 Å². The van der Waals surface area contributed by atoms with Crippen LogP contribution in [0.4, 0.5) is 19.2 Å². The third-order valence-corrected chi connectivity index (χ3v) is 6.20. The summed E-state index contributed by atoms with van der Waals surface area (Å²) in [5.74, 6) is 0.764. The maximum absolute atomic E-state index is 12.5. The highest BCUT2D eigenvalue weighted by molar-refractivity contribution is 5.76. The van der Waals surface area contributed by atoms with E-state index < -0.39 is 29.8 Å². The standard InChI is InChI=1S/C23H24N8O8/c1-23(2,15-7-13(36-19(32)28-9-24-28)3-5-17(15)38-21(34)30-11-26-30)16-8-14(37-20(33)29-10-25-29)4-6-18(16)39-22(35)31-12-27-31/h3-8,24-27H,9-12H2,1-2H3. The summed E-state index contributed by atoms with van der Waals surface area (Å²) in [6.45, 7) is 5.03. The quantitative estimate of drug-likeness (QED) is 0.380. The van der Waals surface area contributed by atoms with Crippen LogP contribution in [0.15, 0.2) is 36.4 Å². The molecule has 39 heavy (non-hydrogen) atoms. The molecule has 0 saturated carbocycles. The second-order valence-corrected chi connectivity index (χ2v) is 9.39. The molecule has 0 radical (unpaired) electrons. The van der Waals surface area contributed by atoms with Crippen molar-refractivity contribution in [2.45, 2.75) is 19.3 Å². The molecule has 4 amide bonds. The monoisotopic (exact) mass is 540 g/mol. The first-order valence-electron chi connectivity index (χ1n) is 11.9. The minimum Gasteiger partial charge on any atom is -0.409 e. The van der Waals surface area contributed by atoms with Gasteiger partial charge in [-0.1, -0.05) is 13.8 Å². The lowest BCUT2D eigenvalue weighted by Crippen LogP contribution is -2.26. The Morgan fingerprint density at radius 2 is 0.897 bits per heavy atom. The Hall–Kier alpha value is -4.64. The lowest BCUT2D eigenvalue weighted by Gasteiger charge is -2.30. The molecule has 4 heterocycles. The predicted octanol–water partition coefficient (Wildman–Crippen LogP) is 1.12. The minimum atomic E-state index is -1.05. The van der Waals surface area contributed by atoms with Crippen LogP contribution in [0.5, 0.6) is 23.0 Å². The van der Waals surface area contributed by atoms with Crippen LogP contribution < -0.4 is 40.7 Å². The van der Waals surface area contributed by atoms with Gasteiger partial charge >= 0.3 is 24.4 Å². The highest BCUT2D eigenvalue weighted by atomic mass is 16.6. The fraction of sp³-hybridized carbons (Fsp3) is 0.304. The van der Waals surface area contributed by atoms with Crippen LogP contribution in [0.25, 0.3) is 0 Å². The van der Waals surface area contributed by atoms with Crippen LogP contribution >= 0.6 is 0 Å². The summed E-state index contributed by atoms with van der Waals surface area (Å²) in [5, 5.41) is 5.07. The number of hydrogen-bond donors (Lipinski definition) is 4. The van der Waals surface area contributed by atoms with Gasteiger partial charge in [0.2, 0.25) is 0 Å². The van der Waals surface area contributed by atoms with Crippen molar-refractivity contribution in [1.82, 2.24) is 41.7 Å². The SMILES string of the molecule is CC(C)(c1cc(OC(=O)N2CN2)ccc1OC(=O)N1CN1)c1cc(OC(=O)N2CN2)ccc1OC(=O)N1CN1. The van der Waals surface area contributed by atoms with Crippen LogP contribution in [-0.2, 0) is 5.41 Å². The van der Waals surface area contributed by atoms with E-state index in [1.807, 2.05) is 0 Å². The molecule has 0 aliphatic carbocycles. The first-order chi connectivity index (χ1) is 18.7. The van der Waals surface area contributed by atoms with Crippen LogP contribution in [-0.4, -0.2) is 71.1 Å². The fourth-order valence-electron chi connectivity index (χ4n) is 3.71. The molecule has 0 spiro atoms. The van der Waals surface area contributed by atoms with Crippen LogP contribution in [0.3, 0.4) is 0 Å². The lowest BCUT2D eigenvalue weighted by atomic mass is 9.77. The summed E-state index contributed by atoms with van der Waals surface area (Å²) in [6, 6.07) is 9.16. The third kappa shape index (κ3) is 5.48. The normalized spacial score (nSPS) is 16.9. The molecule has 2 aromatic rings. The van der Waals surface area contributed by atoms with Crippen molar-refractivity contribution in [3.8, 4) is 23.0 Å². The minimum absolute atomic E-state index is 0.184. The van der Waals surface area contributed by atoms with Crippen molar-refractivity contribution in [1.29, 1.82) is 0 Å². The molecule has 4 fully saturated rings. The highest BCUT2D eigenvalue weighted by Crippen LogP contribution is 2.44. The van der Waals surface area contributed by atoms with Gasteiger partial charge in [0.1, 0.15) is 49.7 Å². The molecular formula is C23H24N8O8. The number of hydrazine groups is 4. The van der Waals surface area contributed by atoms with Crippen molar-refractivity contribution < 1.29 is 38.1 Å². The third-order valence-electron chi connectivity index (χ3n) is 6.20. The summed E-state index contributed by atoms with van der Waals surface area (Å²) >= 11 is 0. The van der Waals surface area contributed by atoms with Crippen molar-refractivity contribution in [3.05, 3.63) is 47.5 Å². The maximum Gasteiger partial charge on any atom is 0.431 e. The Morgan fingerprint density at radius 3 is 1.21 bits per heavy atom. The number of carbonyl (C=O) groups is 4. The van der Waals surface area contributed by atoms with Gasteiger partial charge in [0.15, 0.2) is 0 Å². The summed E-state index contributed by atoms with van der Waals surface area (Å²) < 4.78 is 22.2. The summed E-state index contributed by atoms with van der Waals surface area (Å²) in [7, 11) is 0. The second-order valence-electron chi connectivity index (χ2n) is 9.39. The zero-order valence-electron chi connectivity index (χ0n) is 20.8. The van der Waals surface area contributed by atoms with Crippen molar-refractivity contribution in [2.24, 2.45) is 0 Å². The molecule has 204 valence electrons. The van der Waals surface area contributed by atoms with Gasteiger partial charge in [-0.2, -0.15) is 0 Å². The van der Waals surface area contributed by atoms with E-state index in [1.54, 1.807) is 26.0 Å². The van der Waals surface area contributed by atoms with Gasteiger partial charge in [-0.25, -0.2) is 60.9 Å². The first-order valence-corrected chi connectivity index (χ1v) is 11.9. The number of nitrogens with one attached hydrogen (secondary N) is 4. The number of benzene rings is 2. The van der Waals surface area contributed by atoms with Gasteiger partial charge in [0, 0.05) is 16.5 Å². The molecule has 0 atom stereocenters. The highest BCUT2D eigenvalue weighted by Gasteiger charge is 2.36. The molecule has 4 aliphatic rings. The summed E-state index contributed by atoms with van der Waals surface area (Å²) in [6.07, 6.45) is -2.46. The van der Waals surface area contributed by atoms with Gasteiger partial charge in [-0.05, 0) is 36.4 Å².